The van der Waals surface area contributed by atoms with Gasteiger partial charge in [-0.1, -0.05) is 72.8 Å². The molecule has 1 amide bonds. The number of halogens is 3. The number of ether oxygens (including phenoxy) is 1. The van der Waals surface area contributed by atoms with E-state index in [1.54, 1.807) is 0 Å². The van der Waals surface area contributed by atoms with E-state index in [0.29, 0.717) is 5.47 Å². The number of benzene rings is 3. The average Bonchev–Trinajstić information content (AvgIpc) is 3.34. The molecule has 5 nitrogen and oxygen atoms in total. The smallest absolute Gasteiger partial charge is 0.449 e. The number of hydrogen-bond donors (Lipinski definition) is 1. The van der Waals surface area contributed by atoms with Gasteiger partial charge in [-0.05, 0) is 67.1 Å². The van der Waals surface area contributed by atoms with Gasteiger partial charge < -0.3 is 19.4 Å². The summed E-state index contributed by atoms with van der Waals surface area (Å²) in [5.74, 6) is -0.116. The van der Waals surface area contributed by atoms with Crippen LogP contribution in [0.1, 0.15) is 55.9 Å². The van der Waals surface area contributed by atoms with Crippen molar-refractivity contribution in [3.8, 4) is 11.1 Å². The third-order valence-electron chi connectivity index (χ3n) is 7.94. The first-order chi connectivity index (χ1) is 18.9. The Bertz CT molecular complexity index is 1390. The average molecular weight is 549 g/mol. The first-order valence-electron chi connectivity index (χ1n) is 13.2. The predicted molar refractivity (Wildman–Crippen MR) is 149 cm³/mol. The molecule has 208 valence electrons. The zero-order valence-corrected chi connectivity index (χ0v) is 22.8. The molecule has 9 heteroatoms. The largest absolute Gasteiger partial charge is 0.492 e. The SMILES string of the molecule is CC1(C)OB(C(=Cc2ccccc2C(F)(F)F)CNC(=O)OCC2c3ccccc3-c3ccccc32)OC1(C)C. The number of alkyl halides is 3. The highest BCUT2D eigenvalue weighted by molar-refractivity contribution is 6.56. The molecule has 5 rings (SSSR count). The van der Waals surface area contributed by atoms with E-state index >= 15 is 0 Å². The molecule has 1 N–H and O–H groups in total. The van der Waals surface area contributed by atoms with Crippen molar-refractivity contribution in [3.63, 3.8) is 0 Å². The van der Waals surface area contributed by atoms with Crippen molar-refractivity contribution >= 4 is 19.3 Å². The number of alkyl carbamates (subject to hydrolysis) is 1. The van der Waals surface area contributed by atoms with Crippen LogP contribution in [0, 0.1) is 0 Å². The molecule has 0 bridgehead atoms. The molecule has 0 saturated carbocycles. The maximum Gasteiger partial charge on any atom is 0.492 e. The molecule has 3 aromatic carbocycles. The highest BCUT2D eigenvalue weighted by Crippen LogP contribution is 2.44. The van der Waals surface area contributed by atoms with Crippen molar-refractivity contribution < 1.29 is 32.0 Å². The summed E-state index contributed by atoms with van der Waals surface area (Å²) in [4.78, 5) is 12.9. The van der Waals surface area contributed by atoms with Crippen molar-refractivity contribution in [2.24, 2.45) is 0 Å². The fourth-order valence-corrected chi connectivity index (χ4v) is 5.10. The van der Waals surface area contributed by atoms with Crippen LogP contribution in [-0.4, -0.2) is 37.6 Å². The topological polar surface area (TPSA) is 56.8 Å². The zero-order valence-electron chi connectivity index (χ0n) is 22.8. The number of carbonyl (C=O) groups excluding carboxylic acids is 1. The van der Waals surface area contributed by atoms with Crippen LogP contribution in [0.4, 0.5) is 18.0 Å². The Morgan fingerprint density at radius 3 is 2.00 bits per heavy atom. The molecule has 3 aromatic rings. The molecular weight excluding hydrogens is 518 g/mol. The summed E-state index contributed by atoms with van der Waals surface area (Å²) in [7, 11) is -0.958. The number of nitrogens with one attached hydrogen (secondary N) is 1. The minimum absolute atomic E-state index is 0.0472. The number of hydrogen-bond acceptors (Lipinski definition) is 4. The van der Waals surface area contributed by atoms with Crippen LogP contribution in [0.5, 0.6) is 0 Å². The van der Waals surface area contributed by atoms with Crippen molar-refractivity contribution in [1.82, 2.24) is 5.32 Å². The summed E-state index contributed by atoms with van der Waals surface area (Å²) < 4.78 is 59.0. The van der Waals surface area contributed by atoms with Crippen LogP contribution in [0.25, 0.3) is 17.2 Å². The van der Waals surface area contributed by atoms with Crippen LogP contribution in [-0.2, 0) is 20.2 Å². The first kappa shape index (κ1) is 28.0. The van der Waals surface area contributed by atoms with Gasteiger partial charge in [-0.3, -0.25) is 0 Å². The summed E-state index contributed by atoms with van der Waals surface area (Å²) in [5.41, 5.74) is 2.45. The molecule has 0 spiro atoms. The monoisotopic (exact) mass is 549 g/mol. The third kappa shape index (κ3) is 5.40. The Kier molecular flexibility index (Phi) is 7.31. The second-order valence-corrected chi connectivity index (χ2v) is 11.1. The van der Waals surface area contributed by atoms with Crippen molar-refractivity contribution in [2.75, 3.05) is 13.2 Å². The molecule has 1 heterocycles. The van der Waals surface area contributed by atoms with Gasteiger partial charge >= 0.3 is 19.4 Å². The van der Waals surface area contributed by atoms with Gasteiger partial charge in [-0.25, -0.2) is 4.79 Å². The summed E-state index contributed by atoms with van der Waals surface area (Å²) in [6, 6.07) is 21.3. The molecule has 0 aromatic heterocycles. The highest BCUT2D eigenvalue weighted by Gasteiger charge is 2.52. The standard InChI is InChI=1S/C31H31BF3NO4/c1-29(2)30(3,4)40-32(39-29)21(17-20-11-5-10-16-27(20)31(33,34)35)18-36-28(37)38-19-26-24-14-8-6-12-22(24)23-13-7-9-15-25(23)26/h5-17,26H,18-19H2,1-4H3,(H,36,37). The lowest BCUT2D eigenvalue weighted by molar-refractivity contribution is -0.137. The van der Waals surface area contributed by atoms with Gasteiger partial charge in [0, 0.05) is 12.5 Å². The lowest BCUT2D eigenvalue weighted by Gasteiger charge is -2.32. The maximum absolute atomic E-state index is 13.7. The fourth-order valence-electron chi connectivity index (χ4n) is 5.10. The van der Waals surface area contributed by atoms with Crippen LogP contribution in [0.2, 0.25) is 0 Å². The minimum atomic E-state index is -4.55. The Hall–Kier alpha value is -3.56. The van der Waals surface area contributed by atoms with E-state index in [1.165, 1.54) is 24.3 Å². The van der Waals surface area contributed by atoms with E-state index in [9.17, 15) is 18.0 Å². The van der Waals surface area contributed by atoms with E-state index < -0.39 is 36.2 Å². The molecule has 1 saturated heterocycles. The van der Waals surface area contributed by atoms with Gasteiger partial charge in [0.05, 0.1) is 16.8 Å². The quantitative estimate of drug-likeness (QED) is 0.329. The summed E-state index contributed by atoms with van der Waals surface area (Å²) in [5, 5.41) is 2.69. The van der Waals surface area contributed by atoms with Crippen LogP contribution >= 0.6 is 0 Å². The number of fused-ring (bicyclic) bond motifs is 3. The molecular formula is C31H31BF3NO4. The third-order valence-corrected chi connectivity index (χ3v) is 7.94. The van der Waals surface area contributed by atoms with Gasteiger partial charge in [0.15, 0.2) is 0 Å². The van der Waals surface area contributed by atoms with E-state index in [-0.39, 0.29) is 24.6 Å². The fraction of sp³-hybridized carbons (Fsp3) is 0.323. The van der Waals surface area contributed by atoms with Crippen molar-refractivity contribution in [3.05, 3.63) is 101 Å². The van der Waals surface area contributed by atoms with Crippen LogP contribution in [0.3, 0.4) is 0 Å². The van der Waals surface area contributed by atoms with Gasteiger partial charge in [-0.2, -0.15) is 13.2 Å². The molecule has 0 unspecified atom stereocenters. The maximum atomic E-state index is 13.7. The van der Waals surface area contributed by atoms with Crippen LogP contribution in [0.15, 0.2) is 78.3 Å². The molecule has 40 heavy (non-hydrogen) atoms. The van der Waals surface area contributed by atoms with Crippen molar-refractivity contribution in [2.45, 2.75) is 51.0 Å². The first-order valence-corrected chi connectivity index (χ1v) is 13.2. The van der Waals surface area contributed by atoms with E-state index in [2.05, 4.69) is 17.4 Å². The Labute approximate surface area is 232 Å². The summed E-state index contributed by atoms with van der Waals surface area (Å²) in [6.07, 6.45) is -3.86. The number of amides is 1. The Balaban J connectivity index is 1.34. The summed E-state index contributed by atoms with van der Waals surface area (Å²) in [6.45, 7) is 7.41. The lowest BCUT2D eigenvalue weighted by atomic mass is 9.76. The van der Waals surface area contributed by atoms with Crippen LogP contribution < -0.4 is 5.32 Å². The number of rotatable bonds is 6. The van der Waals surface area contributed by atoms with Gasteiger partial charge in [0.25, 0.3) is 0 Å². The molecule has 1 aliphatic carbocycles. The van der Waals surface area contributed by atoms with Gasteiger partial charge in [-0.15, -0.1) is 0 Å². The minimum Gasteiger partial charge on any atom is -0.449 e. The van der Waals surface area contributed by atoms with Gasteiger partial charge in [0.1, 0.15) is 6.61 Å². The number of carbonyl (C=O) groups is 1. The zero-order chi connectivity index (χ0) is 28.7. The predicted octanol–water partition coefficient (Wildman–Crippen LogP) is 7.26. The normalized spacial score (nSPS) is 17.9. The second-order valence-electron chi connectivity index (χ2n) is 11.1. The van der Waals surface area contributed by atoms with Crippen molar-refractivity contribution in [1.29, 1.82) is 0 Å². The van der Waals surface area contributed by atoms with Gasteiger partial charge in [0.2, 0.25) is 0 Å². The molecule has 0 atom stereocenters. The van der Waals surface area contributed by atoms with E-state index in [1.807, 2.05) is 64.1 Å². The second kappa shape index (κ2) is 10.4. The molecule has 1 aliphatic heterocycles. The molecule has 2 aliphatic rings. The Morgan fingerprint density at radius 1 is 0.900 bits per heavy atom. The highest BCUT2D eigenvalue weighted by atomic mass is 19.4. The Morgan fingerprint density at radius 2 is 1.43 bits per heavy atom. The lowest BCUT2D eigenvalue weighted by Crippen LogP contribution is -2.41. The summed E-state index contributed by atoms with van der Waals surface area (Å²) >= 11 is 0. The van der Waals surface area contributed by atoms with E-state index in [4.69, 9.17) is 14.0 Å². The van der Waals surface area contributed by atoms with E-state index in [0.717, 1.165) is 28.3 Å². The molecule has 0 radical (unpaired) electrons. The molecule has 1 fully saturated rings.